The molecule has 0 fully saturated rings. The Bertz CT molecular complexity index is 638. The Hall–Kier alpha value is -0.790. The summed E-state index contributed by atoms with van der Waals surface area (Å²) in [6.45, 7) is 3.49. The predicted molar refractivity (Wildman–Crippen MR) is 86.6 cm³/mol. The molecule has 0 aliphatic heterocycles. The summed E-state index contributed by atoms with van der Waals surface area (Å²) < 4.78 is 0.474. The maximum absolute atomic E-state index is 11.2. The third-order valence-corrected chi connectivity index (χ3v) is 3.50. The fourth-order valence-corrected chi connectivity index (χ4v) is 2.27. The first-order valence-corrected chi connectivity index (χ1v) is 7.55. The van der Waals surface area contributed by atoms with Crippen LogP contribution in [0.5, 0.6) is 0 Å². The van der Waals surface area contributed by atoms with Gasteiger partial charge in [-0.15, -0.1) is 0 Å². The molecule has 0 aromatic carbocycles. The second-order valence-corrected chi connectivity index (χ2v) is 10.4. The van der Waals surface area contributed by atoms with Crippen LogP contribution in [0.2, 0.25) is 0 Å². The average molecular weight is 450 g/mol. The monoisotopic (exact) mass is 447 g/mol. The highest BCUT2D eigenvalue weighted by molar-refractivity contribution is 9.38. The molecule has 0 atom stereocenters. The van der Waals surface area contributed by atoms with Crippen molar-refractivity contribution >= 4 is 54.0 Å². The summed E-state index contributed by atoms with van der Waals surface area (Å²) in [5.41, 5.74) is 2.42. The Balaban J connectivity index is 0.000000180. The summed E-state index contributed by atoms with van der Waals surface area (Å²) in [7, 11) is 0. The van der Waals surface area contributed by atoms with E-state index in [0.717, 1.165) is 0 Å². The zero-order valence-corrected chi connectivity index (χ0v) is 14.3. The van der Waals surface area contributed by atoms with E-state index in [1.807, 2.05) is 0 Å². The van der Waals surface area contributed by atoms with E-state index in [4.69, 9.17) is 0 Å². The maximum Gasteiger partial charge on any atom is 0.354 e. The molecule has 0 unspecified atom stereocenters. The van der Waals surface area contributed by atoms with E-state index in [9.17, 15) is 4.79 Å². The fourth-order valence-electron chi connectivity index (χ4n) is 1.38. The highest BCUT2D eigenvalue weighted by Crippen LogP contribution is 2.42. The lowest BCUT2D eigenvalue weighted by molar-refractivity contribution is 0.825. The first-order chi connectivity index (χ1) is 8.93. The molecule has 7 heteroatoms. The molecule has 0 N–H and O–H groups in total. The second kappa shape index (κ2) is 5.68. The van der Waals surface area contributed by atoms with Crippen LogP contribution in [-0.4, -0.2) is 14.5 Å². The number of hydrogen-bond donors (Lipinski definition) is 0. The lowest BCUT2D eigenvalue weighted by Crippen LogP contribution is -2.26. The normalized spacial score (nSPS) is 11.3. The summed E-state index contributed by atoms with van der Waals surface area (Å²) in [4.78, 5) is 18.6. The van der Waals surface area contributed by atoms with Crippen molar-refractivity contribution in [2.24, 2.45) is 0 Å². The van der Waals surface area contributed by atoms with Crippen LogP contribution in [0.25, 0.3) is 17.3 Å². The molecule has 0 saturated heterocycles. The predicted octanol–water partition coefficient (Wildman–Crippen LogP) is 3.70. The molecule has 19 heavy (non-hydrogen) atoms. The molecule has 4 nitrogen and oxygen atoms in total. The van der Waals surface area contributed by atoms with E-state index < -0.39 is 7.83 Å². The number of benzene rings is 1. The van der Waals surface area contributed by atoms with Crippen LogP contribution < -0.4 is 5.69 Å². The summed E-state index contributed by atoms with van der Waals surface area (Å²) in [5.74, 6) is 0.419. The Kier molecular flexibility index (Phi) is 4.37. The largest absolute Gasteiger partial charge is 0.354 e. The number of nitrogens with zero attached hydrogens (tertiary/aromatic N) is 3. The minimum absolute atomic E-state index is 0.419. The molecule has 1 heterocycles. The molecule has 0 amide bonds. The topological polar surface area (TPSA) is 47.8 Å². The van der Waals surface area contributed by atoms with Crippen molar-refractivity contribution in [1.29, 1.82) is 0 Å². The maximum atomic E-state index is 11.2. The number of aromatic nitrogens is 3. The molecule has 2 aliphatic rings. The van der Waals surface area contributed by atoms with E-state index in [-0.39, 0.29) is 0 Å². The molecule has 0 radical (unpaired) electrons. The van der Waals surface area contributed by atoms with E-state index in [1.165, 1.54) is 28.2 Å². The molecule has 3 rings (SSSR count). The lowest BCUT2D eigenvalue weighted by atomic mass is 9.95. The van der Waals surface area contributed by atoms with Gasteiger partial charge in [0.2, 0.25) is 0 Å². The van der Waals surface area contributed by atoms with Crippen LogP contribution in [0.4, 0.5) is 0 Å². The smallest absolute Gasteiger partial charge is 0.253 e. The number of hydrogen-bond acceptors (Lipinski definition) is 3. The fraction of sp³-hybridized carbons (Fsp3) is 0.0833. The van der Waals surface area contributed by atoms with Crippen LogP contribution in [0.15, 0.2) is 42.0 Å². The van der Waals surface area contributed by atoms with Crippen molar-refractivity contribution in [3.63, 3.8) is 0 Å². The Morgan fingerprint density at radius 2 is 1.63 bits per heavy atom. The number of rotatable bonds is 1. The summed E-state index contributed by atoms with van der Waals surface area (Å²) in [6.07, 6.45) is 2.53. The van der Waals surface area contributed by atoms with Crippen LogP contribution in [-0.2, 0) is 2.14 Å². The van der Waals surface area contributed by atoms with Gasteiger partial charge in [0.25, 0.3) is 0 Å². The van der Waals surface area contributed by atoms with Gasteiger partial charge in [0, 0.05) is 6.20 Å². The van der Waals surface area contributed by atoms with Gasteiger partial charge in [-0.1, -0.05) is 78.6 Å². The zero-order chi connectivity index (χ0) is 14.0. The molecule has 0 saturated carbocycles. The minimum Gasteiger partial charge on any atom is -0.253 e. The van der Waals surface area contributed by atoms with Gasteiger partial charge in [0.05, 0.1) is 0 Å². The molecular formula is C12H8Br3N3O. The summed E-state index contributed by atoms with van der Waals surface area (Å²) in [6, 6.07) is 8.48. The van der Waals surface area contributed by atoms with Gasteiger partial charge in [0.15, 0.2) is 7.97 Å². The Morgan fingerprint density at radius 1 is 1.11 bits per heavy atom. The van der Waals surface area contributed by atoms with Gasteiger partial charge in [0.1, 0.15) is 6.33 Å². The third-order valence-electron chi connectivity index (χ3n) is 2.44. The van der Waals surface area contributed by atoms with Crippen molar-refractivity contribution in [2.45, 2.75) is 2.14 Å². The number of fused-ring (bicyclic) bond motifs is 1. The quantitative estimate of drug-likeness (QED) is 0.532. The van der Waals surface area contributed by atoms with Gasteiger partial charge in [-0.3, -0.25) is 4.57 Å². The molecule has 0 bridgehead atoms. The highest BCUT2D eigenvalue weighted by atomic mass is 80.0. The second-order valence-electron chi connectivity index (χ2n) is 3.61. The van der Waals surface area contributed by atoms with Crippen LogP contribution in [0.1, 0.15) is 5.82 Å². The summed E-state index contributed by atoms with van der Waals surface area (Å²) in [5, 5.41) is 0. The first-order valence-electron chi connectivity index (χ1n) is 5.17. The van der Waals surface area contributed by atoms with Gasteiger partial charge < -0.3 is 0 Å². The van der Waals surface area contributed by atoms with E-state index in [1.54, 1.807) is 0 Å². The van der Waals surface area contributed by atoms with Crippen molar-refractivity contribution in [3.05, 3.63) is 53.5 Å². The third kappa shape index (κ3) is 3.21. The van der Waals surface area contributed by atoms with Gasteiger partial charge in [-0.05, 0) is 11.1 Å². The Labute approximate surface area is 135 Å². The van der Waals surface area contributed by atoms with Gasteiger partial charge >= 0.3 is 5.69 Å². The molecule has 1 aromatic rings. The van der Waals surface area contributed by atoms with Crippen molar-refractivity contribution in [3.8, 4) is 11.1 Å². The molecular weight excluding hydrogens is 442 g/mol. The van der Waals surface area contributed by atoms with Crippen LogP contribution >= 0.6 is 47.8 Å². The molecule has 98 valence electrons. The zero-order valence-electron chi connectivity index (χ0n) is 9.55. The molecule has 0 spiro atoms. The Morgan fingerprint density at radius 3 is 1.89 bits per heavy atom. The van der Waals surface area contributed by atoms with Crippen molar-refractivity contribution in [1.82, 2.24) is 14.5 Å². The number of halogens is 3. The van der Waals surface area contributed by atoms with E-state index >= 15 is 0 Å². The SMILES string of the molecule is C=Cn1c(C(Br)(Br)Br)ncnc1=O.c1cc2ccc1-2. The van der Waals surface area contributed by atoms with E-state index in [2.05, 4.69) is 88.6 Å². The average Bonchev–Trinajstić information content (AvgIpc) is 2.33. The summed E-state index contributed by atoms with van der Waals surface area (Å²) >= 11 is 9.74. The van der Waals surface area contributed by atoms with Crippen molar-refractivity contribution in [2.75, 3.05) is 0 Å². The standard InChI is InChI=1S/C6H4Br3N3O.C6H4/c1-2-12-4(6(7,8)9)10-3-11-5(12)13;1-2-6-4-3-5(1)6/h2-3H,1H2;1-4H. The van der Waals surface area contributed by atoms with Gasteiger partial charge in [-0.25, -0.2) is 9.78 Å². The lowest BCUT2D eigenvalue weighted by Gasteiger charge is -2.13. The van der Waals surface area contributed by atoms with Gasteiger partial charge in [-0.2, -0.15) is 4.98 Å². The molecule has 1 aromatic heterocycles. The molecule has 2 aliphatic carbocycles. The van der Waals surface area contributed by atoms with Crippen LogP contribution in [0, 0.1) is 0 Å². The number of alkyl halides is 3. The highest BCUT2D eigenvalue weighted by Gasteiger charge is 2.26. The first kappa shape index (κ1) is 14.6. The van der Waals surface area contributed by atoms with Crippen LogP contribution in [0.3, 0.4) is 0 Å². The minimum atomic E-state index is -0.747. The van der Waals surface area contributed by atoms with E-state index in [0.29, 0.717) is 5.82 Å². The van der Waals surface area contributed by atoms with Crippen molar-refractivity contribution < 1.29 is 0 Å².